The molecular weight excluding hydrogens is 252 g/mol. The largest absolute Gasteiger partial charge is 0.377 e. The van der Waals surface area contributed by atoms with Crippen LogP contribution in [0.5, 0.6) is 0 Å². The first-order chi connectivity index (χ1) is 9.78. The van der Waals surface area contributed by atoms with Crippen LogP contribution in [0, 0.1) is 6.92 Å². The van der Waals surface area contributed by atoms with Gasteiger partial charge in [-0.25, -0.2) is 15.0 Å². The summed E-state index contributed by atoms with van der Waals surface area (Å²) in [5.74, 6) is 0.627. The predicted molar refractivity (Wildman–Crippen MR) is 76.0 cm³/mol. The van der Waals surface area contributed by atoms with E-state index in [-0.39, 0.29) is 0 Å². The summed E-state index contributed by atoms with van der Waals surface area (Å²) in [7, 11) is 1.62. The van der Waals surface area contributed by atoms with E-state index < -0.39 is 0 Å². The zero-order valence-corrected chi connectivity index (χ0v) is 11.4. The quantitative estimate of drug-likeness (QED) is 0.729. The van der Waals surface area contributed by atoms with Crippen LogP contribution in [0.1, 0.15) is 11.4 Å². The SMILES string of the molecule is COCc1ncc2ccc(-c3ncccc3C)nc2n1. The van der Waals surface area contributed by atoms with E-state index in [0.29, 0.717) is 18.1 Å². The summed E-state index contributed by atoms with van der Waals surface area (Å²) in [6, 6.07) is 7.84. The number of nitrogens with zero attached hydrogens (tertiary/aromatic N) is 4. The molecule has 20 heavy (non-hydrogen) atoms. The highest BCUT2D eigenvalue weighted by molar-refractivity contribution is 5.77. The van der Waals surface area contributed by atoms with Crippen LogP contribution in [0.2, 0.25) is 0 Å². The van der Waals surface area contributed by atoms with Crippen LogP contribution in [0.25, 0.3) is 22.4 Å². The Morgan fingerprint density at radius 1 is 1.10 bits per heavy atom. The van der Waals surface area contributed by atoms with Gasteiger partial charge < -0.3 is 4.74 Å². The van der Waals surface area contributed by atoms with Gasteiger partial charge in [0, 0.05) is 24.9 Å². The van der Waals surface area contributed by atoms with Crippen molar-refractivity contribution in [2.75, 3.05) is 7.11 Å². The molecule has 0 atom stereocenters. The maximum absolute atomic E-state index is 5.05. The normalized spacial score (nSPS) is 10.9. The highest BCUT2D eigenvalue weighted by Gasteiger charge is 2.07. The number of methoxy groups -OCH3 is 1. The van der Waals surface area contributed by atoms with E-state index >= 15 is 0 Å². The fourth-order valence-corrected chi connectivity index (χ4v) is 2.03. The molecule has 0 saturated carbocycles. The molecule has 0 aliphatic carbocycles. The molecule has 0 unspecified atom stereocenters. The highest BCUT2D eigenvalue weighted by atomic mass is 16.5. The second-order valence-corrected chi connectivity index (χ2v) is 4.50. The molecule has 5 heteroatoms. The Hall–Kier alpha value is -2.40. The molecule has 0 N–H and O–H groups in total. The van der Waals surface area contributed by atoms with Crippen LogP contribution < -0.4 is 0 Å². The summed E-state index contributed by atoms with van der Waals surface area (Å²) < 4.78 is 5.05. The van der Waals surface area contributed by atoms with Crippen LogP contribution in [0.15, 0.2) is 36.7 Å². The summed E-state index contributed by atoms with van der Waals surface area (Å²) in [5, 5.41) is 0.905. The molecule has 0 aliphatic rings. The fraction of sp³-hybridized carbons (Fsp3) is 0.200. The molecule has 3 rings (SSSR count). The predicted octanol–water partition coefficient (Wildman–Crippen LogP) is 2.54. The van der Waals surface area contributed by atoms with E-state index in [1.165, 1.54) is 0 Å². The molecule has 0 saturated heterocycles. The lowest BCUT2D eigenvalue weighted by molar-refractivity contribution is 0.178. The Bertz CT molecular complexity index is 758. The third kappa shape index (κ3) is 2.35. The monoisotopic (exact) mass is 266 g/mol. The lowest BCUT2D eigenvalue weighted by atomic mass is 10.1. The molecule has 0 fully saturated rings. The number of aromatic nitrogens is 4. The molecule has 100 valence electrons. The van der Waals surface area contributed by atoms with Crippen molar-refractivity contribution in [2.45, 2.75) is 13.5 Å². The van der Waals surface area contributed by atoms with Crippen molar-refractivity contribution in [3.63, 3.8) is 0 Å². The molecule has 3 heterocycles. The molecule has 0 aromatic carbocycles. The van der Waals surface area contributed by atoms with Gasteiger partial charge in [0.15, 0.2) is 11.5 Å². The molecule has 0 radical (unpaired) electrons. The first-order valence-electron chi connectivity index (χ1n) is 6.31. The summed E-state index contributed by atoms with van der Waals surface area (Å²) in [5.41, 5.74) is 3.44. The lowest BCUT2D eigenvalue weighted by Crippen LogP contribution is -1.99. The maximum Gasteiger partial charge on any atom is 0.163 e. The van der Waals surface area contributed by atoms with E-state index in [1.807, 2.05) is 31.2 Å². The van der Waals surface area contributed by atoms with E-state index in [0.717, 1.165) is 22.3 Å². The topological polar surface area (TPSA) is 60.8 Å². The van der Waals surface area contributed by atoms with Gasteiger partial charge in [0.2, 0.25) is 0 Å². The van der Waals surface area contributed by atoms with Crippen molar-refractivity contribution in [1.29, 1.82) is 0 Å². The van der Waals surface area contributed by atoms with Gasteiger partial charge in [-0.3, -0.25) is 4.98 Å². The van der Waals surface area contributed by atoms with Gasteiger partial charge in [-0.1, -0.05) is 6.07 Å². The molecular formula is C15H14N4O. The minimum Gasteiger partial charge on any atom is -0.377 e. The third-order valence-electron chi connectivity index (χ3n) is 3.02. The maximum atomic E-state index is 5.05. The van der Waals surface area contributed by atoms with Gasteiger partial charge in [-0.2, -0.15) is 0 Å². The Morgan fingerprint density at radius 3 is 2.80 bits per heavy atom. The Kier molecular flexibility index (Phi) is 3.35. The van der Waals surface area contributed by atoms with Crippen molar-refractivity contribution in [2.24, 2.45) is 0 Å². The van der Waals surface area contributed by atoms with Crippen LogP contribution in [0.3, 0.4) is 0 Å². The van der Waals surface area contributed by atoms with E-state index in [9.17, 15) is 0 Å². The number of rotatable bonds is 3. The van der Waals surface area contributed by atoms with Gasteiger partial charge in [0.25, 0.3) is 0 Å². The molecule has 0 amide bonds. The standard InChI is InChI=1S/C15H14N4O/c1-10-4-3-7-16-14(10)12-6-5-11-8-17-13(9-20-2)19-15(11)18-12/h3-8H,9H2,1-2H3. The average Bonchev–Trinajstić information content (AvgIpc) is 2.47. The fourth-order valence-electron chi connectivity index (χ4n) is 2.03. The smallest absolute Gasteiger partial charge is 0.163 e. The van der Waals surface area contributed by atoms with Crippen molar-refractivity contribution >= 4 is 11.0 Å². The zero-order valence-electron chi connectivity index (χ0n) is 11.4. The number of hydrogen-bond donors (Lipinski definition) is 0. The Labute approximate surface area is 116 Å². The van der Waals surface area contributed by atoms with Gasteiger partial charge in [-0.05, 0) is 30.7 Å². The summed E-state index contributed by atoms with van der Waals surface area (Å²) in [4.78, 5) is 17.6. The molecule has 0 aliphatic heterocycles. The van der Waals surface area contributed by atoms with Crippen LogP contribution in [-0.2, 0) is 11.3 Å². The Morgan fingerprint density at radius 2 is 2.00 bits per heavy atom. The average molecular weight is 266 g/mol. The van der Waals surface area contributed by atoms with Gasteiger partial charge in [0.1, 0.15) is 6.61 Å². The second kappa shape index (κ2) is 5.30. The number of hydrogen-bond acceptors (Lipinski definition) is 5. The lowest BCUT2D eigenvalue weighted by Gasteiger charge is -2.05. The van der Waals surface area contributed by atoms with Gasteiger partial charge in [-0.15, -0.1) is 0 Å². The number of ether oxygens (including phenoxy) is 1. The molecule has 0 spiro atoms. The molecule has 3 aromatic rings. The van der Waals surface area contributed by atoms with E-state index in [4.69, 9.17) is 4.74 Å². The van der Waals surface area contributed by atoms with Crippen molar-refractivity contribution in [1.82, 2.24) is 19.9 Å². The first kappa shape index (κ1) is 12.6. The van der Waals surface area contributed by atoms with E-state index in [2.05, 4.69) is 19.9 Å². The molecule has 3 aromatic heterocycles. The molecule has 0 bridgehead atoms. The third-order valence-corrected chi connectivity index (χ3v) is 3.02. The minimum absolute atomic E-state index is 0.379. The number of fused-ring (bicyclic) bond motifs is 1. The minimum atomic E-state index is 0.379. The van der Waals surface area contributed by atoms with Crippen molar-refractivity contribution in [3.8, 4) is 11.4 Å². The Balaban J connectivity index is 2.11. The van der Waals surface area contributed by atoms with Gasteiger partial charge in [0.05, 0.1) is 11.4 Å². The summed E-state index contributed by atoms with van der Waals surface area (Å²) >= 11 is 0. The van der Waals surface area contributed by atoms with Crippen LogP contribution in [-0.4, -0.2) is 27.0 Å². The van der Waals surface area contributed by atoms with E-state index in [1.54, 1.807) is 19.5 Å². The second-order valence-electron chi connectivity index (χ2n) is 4.50. The van der Waals surface area contributed by atoms with Gasteiger partial charge >= 0.3 is 0 Å². The van der Waals surface area contributed by atoms with Crippen molar-refractivity contribution < 1.29 is 4.74 Å². The summed E-state index contributed by atoms with van der Waals surface area (Å²) in [6.07, 6.45) is 3.53. The van der Waals surface area contributed by atoms with Crippen LogP contribution in [0.4, 0.5) is 0 Å². The summed E-state index contributed by atoms with van der Waals surface area (Å²) in [6.45, 7) is 2.40. The first-order valence-corrected chi connectivity index (χ1v) is 6.31. The molecule has 5 nitrogen and oxygen atoms in total. The van der Waals surface area contributed by atoms with Crippen molar-refractivity contribution in [3.05, 3.63) is 48.0 Å². The van der Waals surface area contributed by atoms with Crippen LogP contribution >= 0.6 is 0 Å². The zero-order chi connectivity index (χ0) is 13.9. The number of pyridine rings is 2. The number of aryl methyl sites for hydroxylation is 1. The highest BCUT2D eigenvalue weighted by Crippen LogP contribution is 2.20.